The lowest BCUT2D eigenvalue weighted by Gasteiger charge is -2.18. The van der Waals surface area contributed by atoms with E-state index < -0.39 is 5.82 Å². The topological polar surface area (TPSA) is 68.4 Å². The molecule has 0 bridgehead atoms. The smallest absolute Gasteiger partial charge is 0.260 e. The Hall–Kier alpha value is -1.95. The summed E-state index contributed by atoms with van der Waals surface area (Å²) in [6, 6.07) is 3.81. The fourth-order valence-corrected chi connectivity index (χ4v) is 2.13. The minimum atomic E-state index is -0.588. The van der Waals surface area contributed by atoms with Crippen molar-refractivity contribution in [1.82, 2.24) is 10.1 Å². The Labute approximate surface area is 109 Å². The van der Waals surface area contributed by atoms with Crippen molar-refractivity contribution in [2.75, 3.05) is 13.2 Å². The number of rotatable bonds is 2. The highest BCUT2D eigenvalue weighted by molar-refractivity contribution is 5.55. The highest BCUT2D eigenvalue weighted by Gasteiger charge is 2.22. The fraction of sp³-hybridized carbons (Fsp3) is 0.385. The molecular formula is C13H13FN2O3. The molecule has 0 radical (unpaired) electrons. The molecule has 6 heteroatoms. The van der Waals surface area contributed by atoms with Gasteiger partial charge >= 0.3 is 0 Å². The molecule has 1 aliphatic rings. The van der Waals surface area contributed by atoms with Gasteiger partial charge in [0, 0.05) is 18.6 Å². The zero-order valence-electron chi connectivity index (χ0n) is 10.2. The molecule has 1 aromatic heterocycles. The number of aromatic nitrogens is 2. The molecule has 1 unspecified atom stereocenters. The van der Waals surface area contributed by atoms with Crippen LogP contribution in [0, 0.1) is 5.82 Å². The lowest BCUT2D eigenvalue weighted by atomic mass is 10.0. The Morgan fingerprint density at radius 2 is 2.26 bits per heavy atom. The predicted molar refractivity (Wildman–Crippen MR) is 64.2 cm³/mol. The second-order valence-corrected chi connectivity index (χ2v) is 4.54. The summed E-state index contributed by atoms with van der Waals surface area (Å²) in [5.41, 5.74) is 0.188. The lowest BCUT2D eigenvalue weighted by molar-refractivity contribution is 0.0773. The van der Waals surface area contributed by atoms with Crippen molar-refractivity contribution in [3.8, 4) is 17.2 Å². The molecule has 0 aliphatic carbocycles. The second-order valence-electron chi connectivity index (χ2n) is 4.54. The molecule has 0 amide bonds. The SMILES string of the molecule is Oc1ccc(-c2nc(C3CCCOC3)no2)c(F)c1. The van der Waals surface area contributed by atoms with Crippen LogP contribution in [0.2, 0.25) is 0 Å². The summed E-state index contributed by atoms with van der Waals surface area (Å²) < 4.78 is 24.1. The molecule has 2 heterocycles. The van der Waals surface area contributed by atoms with Gasteiger partial charge in [-0.15, -0.1) is 0 Å². The first-order valence-corrected chi connectivity index (χ1v) is 6.14. The second kappa shape index (κ2) is 4.97. The van der Waals surface area contributed by atoms with Crippen LogP contribution < -0.4 is 0 Å². The Morgan fingerprint density at radius 1 is 1.37 bits per heavy atom. The number of halogens is 1. The minimum Gasteiger partial charge on any atom is -0.508 e. The molecule has 1 aliphatic heterocycles. The summed E-state index contributed by atoms with van der Waals surface area (Å²) in [6.07, 6.45) is 1.90. The first kappa shape index (κ1) is 12.1. The third kappa shape index (κ3) is 2.44. The minimum absolute atomic E-state index is 0.103. The highest BCUT2D eigenvalue weighted by atomic mass is 19.1. The molecular weight excluding hydrogens is 251 g/mol. The van der Waals surface area contributed by atoms with Gasteiger partial charge < -0.3 is 14.4 Å². The Morgan fingerprint density at radius 3 is 3.00 bits per heavy atom. The number of phenols is 1. The van der Waals surface area contributed by atoms with E-state index in [4.69, 9.17) is 9.26 Å². The maximum atomic E-state index is 13.7. The van der Waals surface area contributed by atoms with Crippen LogP contribution in [0.1, 0.15) is 24.6 Å². The van der Waals surface area contributed by atoms with Gasteiger partial charge in [0.2, 0.25) is 0 Å². The van der Waals surface area contributed by atoms with Gasteiger partial charge in [0.05, 0.1) is 12.2 Å². The van der Waals surface area contributed by atoms with E-state index in [1.165, 1.54) is 12.1 Å². The maximum Gasteiger partial charge on any atom is 0.260 e. The first-order chi connectivity index (χ1) is 9.24. The summed E-state index contributed by atoms with van der Waals surface area (Å²) >= 11 is 0. The molecule has 0 spiro atoms. The van der Waals surface area contributed by atoms with Crippen LogP contribution in [0.15, 0.2) is 22.7 Å². The van der Waals surface area contributed by atoms with Crippen LogP contribution >= 0.6 is 0 Å². The molecule has 1 atom stereocenters. The standard InChI is InChI=1S/C13H13FN2O3/c14-11-6-9(17)3-4-10(11)13-15-12(16-19-13)8-2-1-5-18-7-8/h3-4,6,8,17H,1-2,5,7H2. The lowest BCUT2D eigenvalue weighted by Crippen LogP contribution is -2.16. The van der Waals surface area contributed by atoms with Crippen molar-refractivity contribution in [1.29, 1.82) is 0 Å². The van der Waals surface area contributed by atoms with Crippen LogP contribution in [-0.2, 0) is 4.74 Å². The van der Waals surface area contributed by atoms with Crippen molar-refractivity contribution in [2.45, 2.75) is 18.8 Å². The van der Waals surface area contributed by atoms with Gasteiger partial charge in [-0.05, 0) is 25.0 Å². The molecule has 19 heavy (non-hydrogen) atoms. The fourth-order valence-electron chi connectivity index (χ4n) is 2.13. The number of nitrogens with zero attached hydrogens (tertiary/aromatic N) is 2. The molecule has 1 N–H and O–H groups in total. The zero-order chi connectivity index (χ0) is 13.2. The third-order valence-corrected chi connectivity index (χ3v) is 3.15. The highest BCUT2D eigenvalue weighted by Crippen LogP contribution is 2.28. The average molecular weight is 264 g/mol. The number of aromatic hydroxyl groups is 1. The van der Waals surface area contributed by atoms with Gasteiger partial charge in [0.25, 0.3) is 5.89 Å². The molecule has 100 valence electrons. The molecule has 1 aromatic carbocycles. The Kier molecular flexibility index (Phi) is 3.16. The van der Waals surface area contributed by atoms with E-state index in [-0.39, 0.29) is 23.1 Å². The quantitative estimate of drug-likeness (QED) is 0.902. The van der Waals surface area contributed by atoms with Crippen LogP contribution in [0.5, 0.6) is 5.75 Å². The Balaban J connectivity index is 1.87. The van der Waals surface area contributed by atoms with E-state index in [0.29, 0.717) is 12.4 Å². The van der Waals surface area contributed by atoms with E-state index in [1.807, 2.05) is 0 Å². The number of ether oxygens (including phenoxy) is 1. The van der Waals surface area contributed by atoms with Crippen molar-refractivity contribution < 1.29 is 18.8 Å². The van der Waals surface area contributed by atoms with E-state index in [2.05, 4.69) is 10.1 Å². The number of hydrogen-bond donors (Lipinski definition) is 1. The van der Waals surface area contributed by atoms with E-state index >= 15 is 0 Å². The van der Waals surface area contributed by atoms with Gasteiger partial charge in [-0.25, -0.2) is 4.39 Å². The first-order valence-electron chi connectivity index (χ1n) is 6.14. The molecule has 0 saturated carbocycles. The van der Waals surface area contributed by atoms with E-state index in [1.54, 1.807) is 0 Å². The van der Waals surface area contributed by atoms with Crippen molar-refractivity contribution in [2.24, 2.45) is 0 Å². The number of phenolic OH excluding ortho intramolecular Hbond substituents is 1. The largest absolute Gasteiger partial charge is 0.508 e. The van der Waals surface area contributed by atoms with Crippen molar-refractivity contribution in [3.63, 3.8) is 0 Å². The molecule has 2 aromatic rings. The van der Waals surface area contributed by atoms with Gasteiger partial charge in [0.1, 0.15) is 11.6 Å². The number of hydrogen-bond acceptors (Lipinski definition) is 5. The van der Waals surface area contributed by atoms with Gasteiger partial charge in [0.15, 0.2) is 5.82 Å². The monoisotopic (exact) mass is 264 g/mol. The summed E-state index contributed by atoms with van der Waals surface area (Å²) in [6.45, 7) is 1.32. The predicted octanol–water partition coefficient (Wildman–Crippen LogP) is 2.48. The normalized spacial score (nSPS) is 19.5. The molecule has 1 saturated heterocycles. The summed E-state index contributed by atoms with van der Waals surface area (Å²) in [5, 5.41) is 13.1. The Bertz CT molecular complexity index is 579. The van der Waals surface area contributed by atoms with E-state index in [0.717, 1.165) is 25.5 Å². The number of benzene rings is 1. The third-order valence-electron chi connectivity index (χ3n) is 3.15. The van der Waals surface area contributed by atoms with Crippen molar-refractivity contribution >= 4 is 0 Å². The summed E-state index contributed by atoms with van der Waals surface area (Å²) in [7, 11) is 0. The van der Waals surface area contributed by atoms with Gasteiger partial charge in [-0.2, -0.15) is 4.98 Å². The van der Waals surface area contributed by atoms with Crippen LogP contribution in [0.25, 0.3) is 11.5 Å². The summed E-state index contributed by atoms with van der Waals surface area (Å²) in [4.78, 5) is 4.22. The average Bonchev–Trinajstić information content (AvgIpc) is 2.89. The maximum absolute atomic E-state index is 13.7. The summed E-state index contributed by atoms with van der Waals surface area (Å²) in [5.74, 6) is 0.0449. The van der Waals surface area contributed by atoms with Gasteiger partial charge in [-0.3, -0.25) is 0 Å². The van der Waals surface area contributed by atoms with E-state index in [9.17, 15) is 9.50 Å². The van der Waals surface area contributed by atoms with Crippen molar-refractivity contribution in [3.05, 3.63) is 29.8 Å². The zero-order valence-corrected chi connectivity index (χ0v) is 10.2. The molecule has 1 fully saturated rings. The van der Waals surface area contributed by atoms with Crippen LogP contribution in [0.4, 0.5) is 4.39 Å². The van der Waals surface area contributed by atoms with Gasteiger partial charge in [-0.1, -0.05) is 5.16 Å². The van der Waals surface area contributed by atoms with Crippen LogP contribution in [0.3, 0.4) is 0 Å². The molecule has 5 nitrogen and oxygen atoms in total. The molecule has 3 rings (SSSR count). The van der Waals surface area contributed by atoms with Crippen LogP contribution in [-0.4, -0.2) is 28.5 Å².